The van der Waals surface area contributed by atoms with Gasteiger partial charge >= 0.3 is 5.97 Å². The minimum atomic E-state index is -0.757. The molecule has 0 unspecified atom stereocenters. The average molecular weight is 340 g/mol. The molecule has 0 bridgehead atoms. The van der Waals surface area contributed by atoms with Crippen molar-refractivity contribution in [3.63, 3.8) is 0 Å². The summed E-state index contributed by atoms with van der Waals surface area (Å²) in [6.45, 7) is 0. The van der Waals surface area contributed by atoms with E-state index in [0.29, 0.717) is 0 Å². The van der Waals surface area contributed by atoms with Gasteiger partial charge in [-0.15, -0.1) is 0 Å². The van der Waals surface area contributed by atoms with Crippen LogP contribution in [0.2, 0.25) is 0 Å². The Hall–Kier alpha value is -2.28. The summed E-state index contributed by atoms with van der Waals surface area (Å²) in [6.07, 6.45) is 0. The van der Waals surface area contributed by atoms with Gasteiger partial charge in [-0.1, -0.05) is 0 Å². The van der Waals surface area contributed by atoms with Crippen LogP contribution in [0, 0.1) is 15.9 Å². The fourth-order valence-corrected chi connectivity index (χ4v) is 1.84. The van der Waals surface area contributed by atoms with Crippen LogP contribution in [-0.2, 0) is 0 Å². The summed E-state index contributed by atoms with van der Waals surface area (Å²) in [5, 5.41) is 10.8. The van der Waals surface area contributed by atoms with E-state index in [1.54, 1.807) is 0 Å². The third-order valence-electron chi connectivity index (χ3n) is 2.40. The topological polar surface area (TPSA) is 69.4 Å². The molecule has 20 heavy (non-hydrogen) atoms. The number of nitro benzene ring substituents is 1. The van der Waals surface area contributed by atoms with Crippen LogP contribution in [-0.4, -0.2) is 10.9 Å². The number of ether oxygens (including phenoxy) is 1. The van der Waals surface area contributed by atoms with Gasteiger partial charge in [0.1, 0.15) is 11.6 Å². The van der Waals surface area contributed by atoms with E-state index in [9.17, 15) is 19.3 Å². The number of benzene rings is 2. The van der Waals surface area contributed by atoms with Gasteiger partial charge in [0, 0.05) is 6.07 Å². The van der Waals surface area contributed by atoms with Crippen molar-refractivity contribution >= 4 is 27.6 Å². The van der Waals surface area contributed by atoms with Gasteiger partial charge in [-0.2, -0.15) is 0 Å². The lowest BCUT2D eigenvalue weighted by Crippen LogP contribution is -2.09. The maximum atomic E-state index is 12.7. The number of nitro groups is 1. The van der Waals surface area contributed by atoms with E-state index < -0.39 is 16.7 Å². The monoisotopic (exact) mass is 339 g/mol. The average Bonchev–Trinajstić information content (AvgIpc) is 2.41. The lowest BCUT2D eigenvalue weighted by Gasteiger charge is -2.04. The summed E-state index contributed by atoms with van der Waals surface area (Å²) in [5.41, 5.74) is -0.206. The second kappa shape index (κ2) is 5.79. The number of halogens is 2. The number of nitrogens with zero attached hydrogens (tertiary/aromatic N) is 1. The van der Waals surface area contributed by atoms with Gasteiger partial charge in [0.05, 0.1) is 15.0 Å². The maximum absolute atomic E-state index is 12.7. The second-order valence-corrected chi connectivity index (χ2v) is 4.62. The molecule has 2 aromatic carbocycles. The highest BCUT2D eigenvalue weighted by Crippen LogP contribution is 2.26. The van der Waals surface area contributed by atoms with Crippen molar-refractivity contribution in [3.05, 3.63) is 68.4 Å². The summed E-state index contributed by atoms with van der Waals surface area (Å²) in [6, 6.07) is 8.76. The molecule has 0 fully saturated rings. The third kappa shape index (κ3) is 3.18. The Morgan fingerprint density at radius 3 is 2.45 bits per heavy atom. The highest BCUT2D eigenvalue weighted by atomic mass is 79.9. The highest BCUT2D eigenvalue weighted by Gasteiger charge is 2.17. The van der Waals surface area contributed by atoms with E-state index in [0.717, 1.165) is 18.2 Å². The highest BCUT2D eigenvalue weighted by molar-refractivity contribution is 9.10. The maximum Gasteiger partial charge on any atom is 0.343 e. The van der Waals surface area contributed by atoms with Crippen molar-refractivity contribution in [1.82, 2.24) is 0 Å². The van der Waals surface area contributed by atoms with Gasteiger partial charge in [-0.05, 0) is 52.3 Å². The molecule has 0 aromatic heterocycles. The van der Waals surface area contributed by atoms with Crippen molar-refractivity contribution in [2.24, 2.45) is 0 Å². The minimum absolute atomic E-state index is 0.0317. The summed E-state index contributed by atoms with van der Waals surface area (Å²) in [4.78, 5) is 22.0. The number of hydrogen-bond acceptors (Lipinski definition) is 4. The zero-order valence-electron chi connectivity index (χ0n) is 9.88. The number of rotatable bonds is 3. The van der Waals surface area contributed by atoms with Crippen LogP contribution >= 0.6 is 15.9 Å². The lowest BCUT2D eigenvalue weighted by atomic mass is 10.2. The van der Waals surface area contributed by atoms with Crippen LogP contribution in [0.15, 0.2) is 46.9 Å². The van der Waals surface area contributed by atoms with E-state index in [1.807, 2.05) is 0 Å². The van der Waals surface area contributed by atoms with Gasteiger partial charge in [-0.25, -0.2) is 9.18 Å². The van der Waals surface area contributed by atoms with E-state index in [-0.39, 0.29) is 21.5 Å². The van der Waals surface area contributed by atoms with Crippen LogP contribution in [0.3, 0.4) is 0 Å². The van der Waals surface area contributed by atoms with Crippen LogP contribution in [0.5, 0.6) is 5.75 Å². The Bertz CT molecular complexity index is 673. The molecule has 0 atom stereocenters. The molecule has 102 valence electrons. The van der Waals surface area contributed by atoms with Gasteiger partial charge in [0.15, 0.2) is 0 Å². The molecule has 0 N–H and O–H groups in total. The van der Waals surface area contributed by atoms with Crippen molar-refractivity contribution in [1.29, 1.82) is 0 Å². The number of carbonyl (C=O) groups is 1. The van der Waals surface area contributed by atoms with Gasteiger partial charge in [0.2, 0.25) is 0 Å². The quantitative estimate of drug-likeness (QED) is 0.370. The van der Waals surface area contributed by atoms with E-state index in [1.165, 1.54) is 24.3 Å². The first kappa shape index (κ1) is 14.1. The molecule has 0 radical (unpaired) electrons. The molecule has 7 heteroatoms. The zero-order chi connectivity index (χ0) is 14.7. The summed E-state index contributed by atoms with van der Waals surface area (Å²) < 4.78 is 18.0. The lowest BCUT2D eigenvalue weighted by molar-refractivity contribution is -0.385. The molecule has 0 heterocycles. The first-order valence-electron chi connectivity index (χ1n) is 5.39. The predicted octanol–water partition coefficient (Wildman–Crippen LogP) is 3.72. The van der Waals surface area contributed by atoms with Crippen molar-refractivity contribution in [3.8, 4) is 5.75 Å². The van der Waals surface area contributed by atoms with Crippen molar-refractivity contribution < 1.29 is 18.8 Å². The third-order valence-corrected chi connectivity index (χ3v) is 3.07. The minimum Gasteiger partial charge on any atom is -0.423 e. The molecular formula is C13H7BrFNO4. The smallest absolute Gasteiger partial charge is 0.343 e. The summed E-state index contributed by atoms with van der Waals surface area (Å²) >= 11 is 3.02. The number of esters is 1. The van der Waals surface area contributed by atoms with Crippen LogP contribution in [0.25, 0.3) is 0 Å². The number of hydrogen-bond donors (Lipinski definition) is 0. The number of carbonyl (C=O) groups excluding carboxylic acids is 1. The molecule has 0 aliphatic carbocycles. The van der Waals surface area contributed by atoms with Gasteiger partial charge in [0.25, 0.3) is 5.69 Å². The Kier molecular flexibility index (Phi) is 4.09. The summed E-state index contributed by atoms with van der Waals surface area (Å²) in [5.74, 6) is -1.06. The van der Waals surface area contributed by atoms with Crippen molar-refractivity contribution in [2.45, 2.75) is 0 Å². The molecule has 2 rings (SSSR count). The second-order valence-electron chi connectivity index (χ2n) is 3.77. The molecule has 0 aliphatic rings. The Balaban J connectivity index is 2.23. The van der Waals surface area contributed by atoms with Crippen LogP contribution in [0.1, 0.15) is 10.4 Å². The largest absolute Gasteiger partial charge is 0.423 e. The normalized spacial score (nSPS) is 10.1. The van der Waals surface area contributed by atoms with E-state index in [4.69, 9.17) is 4.74 Å². The first-order chi connectivity index (χ1) is 9.47. The molecule has 0 spiro atoms. The standard InChI is InChI=1S/C13H7BrFNO4/c14-11-6-1-8(7-12(11)16(18)19)13(17)20-10-4-2-9(15)3-5-10/h1-7H. The summed E-state index contributed by atoms with van der Waals surface area (Å²) in [7, 11) is 0. The first-order valence-corrected chi connectivity index (χ1v) is 6.18. The fraction of sp³-hybridized carbons (Fsp3) is 0. The molecular weight excluding hydrogens is 333 g/mol. The van der Waals surface area contributed by atoms with E-state index >= 15 is 0 Å². The van der Waals surface area contributed by atoms with Gasteiger partial charge in [-0.3, -0.25) is 10.1 Å². The van der Waals surface area contributed by atoms with E-state index in [2.05, 4.69) is 15.9 Å². The Labute approximate surface area is 121 Å². The molecule has 0 amide bonds. The molecule has 5 nitrogen and oxygen atoms in total. The SMILES string of the molecule is O=C(Oc1ccc(F)cc1)c1ccc(Br)c([N+](=O)[O-])c1. The predicted molar refractivity (Wildman–Crippen MR) is 72.2 cm³/mol. The molecule has 0 aliphatic heterocycles. The van der Waals surface area contributed by atoms with Crippen molar-refractivity contribution in [2.75, 3.05) is 0 Å². The Morgan fingerprint density at radius 2 is 1.85 bits per heavy atom. The fourth-order valence-electron chi connectivity index (χ4n) is 1.45. The van der Waals surface area contributed by atoms with Crippen LogP contribution < -0.4 is 4.74 Å². The molecule has 0 saturated heterocycles. The molecule has 2 aromatic rings. The molecule has 0 saturated carbocycles. The van der Waals surface area contributed by atoms with Gasteiger partial charge < -0.3 is 4.74 Å². The Morgan fingerprint density at radius 1 is 1.20 bits per heavy atom. The zero-order valence-corrected chi connectivity index (χ0v) is 11.5. The van der Waals surface area contributed by atoms with Crippen LogP contribution in [0.4, 0.5) is 10.1 Å².